The second-order valence-corrected chi connectivity index (χ2v) is 5.68. The molecular weight excluding hydrogens is 278 g/mol. The SMILES string of the molecule is Cc1cc(-n2cccn2)ccc1CNC(=O)CC1CCCO1. The maximum Gasteiger partial charge on any atom is 0.222 e. The van der Waals surface area contributed by atoms with Gasteiger partial charge in [-0.05, 0) is 49.1 Å². The molecule has 1 atom stereocenters. The molecule has 3 rings (SSSR count). The van der Waals surface area contributed by atoms with Crippen molar-refractivity contribution >= 4 is 5.91 Å². The summed E-state index contributed by atoms with van der Waals surface area (Å²) in [5.41, 5.74) is 3.29. The van der Waals surface area contributed by atoms with Crippen molar-refractivity contribution < 1.29 is 9.53 Å². The largest absolute Gasteiger partial charge is 0.378 e. The Morgan fingerprint density at radius 3 is 3.09 bits per heavy atom. The highest BCUT2D eigenvalue weighted by Crippen LogP contribution is 2.16. The van der Waals surface area contributed by atoms with E-state index in [2.05, 4.69) is 23.4 Å². The number of aryl methyl sites for hydroxylation is 1. The first-order valence-electron chi connectivity index (χ1n) is 7.70. The molecule has 5 nitrogen and oxygen atoms in total. The van der Waals surface area contributed by atoms with Crippen LogP contribution in [0.2, 0.25) is 0 Å². The maximum atomic E-state index is 11.9. The molecule has 1 amide bonds. The van der Waals surface area contributed by atoms with E-state index in [1.165, 1.54) is 0 Å². The van der Waals surface area contributed by atoms with Gasteiger partial charge in [-0.2, -0.15) is 5.10 Å². The molecule has 2 heterocycles. The number of nitrogens with zero attached hydrogens (tertiary/aromatic N) is 2. The van der Waals surface area contributed by atoms with E-state index in [0.29, 0.717) is 13.0 Å². The van der Waals surface area contributed by atoms with E-state index in [4.69, 9.17) is 4.74 Å². The van der Waals surface area contributed by atoms with Crippen molar-refractivity contribution in [2.24, 2.45) is 0 Å². The Balaban J connectivity index is 1.57. The summed E-state index contributed by atoms with van der Waals surface area (Å²) < 4.78 is 7.31. The lowest BCUT2D eigenvalue weighted by Crippen LogP contribution is -2.27. The third-order valence-electron chi connectivity index (χ3n) is 4.01. The van der Waals surface area contributed by atoms with Crippen LogP contribution in [0.1, 0.15) is 30.4 Å². The Morgan fingerprint density at radius 2 is 2.41 bits per heavy atom. The molecule has 1 aliphatic rings. The fourth-order valence-corrected chi connectivity index (χ4v) is 2.72. The van der Waals surface area contributed by atoms with E-state index < -0.39 is 0 Å². The van der Waals surface area contributed by atoms with Gasteiger partial charge in [-0.1, -0.05) is 6.07 Å². The van der Waals surface area contributed by atoms with Crippen LogP contribution in [0.3, 0.4) is 0 Å². The summed E-state index contributed by atoms with van der Waals surface area (Å²) in [6.45, 7) is 3.39. The van der Waals surface area contributed by atoms with Crippen LogP contribution in [0.25, 0.3) is 5.69 Å². The van der Waals surface area contributed by atoms with Crippen LogP contribution in [0.15, 0.2) is 36.7 Å². The molecule has 1 unspecified atom stereocenters. The quantitative estimate of drug-likeness (QED) is 0.922. The van der Waals surface area contributed by atoms with Crippen molar-refractivity contribution in [2.45, 2.75) is 38.8 Å². The van der Waals surface area contributed by atoms with Crippen molar-refractivity contribution in [2.75, 3.05) is 6.61 Å². The number of carbonyl (C=O) groups excluding carboxylic acids is 1. The summed E-state index contributed by atoms with van der Waals surface area (Å²) in [5.74, 6) is 0.0578. The minimum Gasteiger partial charge on any atom is -0.378 e. The Kier molecular flexibility index (Phi) is 4.53. The summed E-state index contributed by atoms with van der Waals surface area (Å²) in [6, 6.07) is 8.03. The number of benzene rings is 1. The van der Waals surface area contributed by atoms with Crippen LogP contribution in [0.4, 0.5) is 0 Å². The zero-order valence-corrected chi connectivity index (χ0v) is 12.8. The van der Waals surface area contributed by atoms with Crippen molar-refractivity contribution in [3.05, 3.63) is 47.8 Å². The minimum atomic E-state index is 0.0578. The van der Waals surface area contributed by atoms with E-state index >= 15 is 0 Å². The Labute approximate surface area is 130 Å². The molecule has 1 fully saturated rings. The van der Waals surface area contributed by atoms with Gasteiger partial charge in [0.2, 0.25) is 5.91 Å². The molecule has 1 aromatic carbocycles. The van der Waals surface area contributed by atoms with Gasteiger partial charge in [0.05, 0.1) is 18.2 Å². The molecule has 0 saturated carbocycles. The standard InChI is InChI=1S/C17H21N3O2/c1-13-10-15(20-8-3-7-19-20)6-5-14(13)12-18-17(21)11-16-4-2-9-22-16/h3,5-8,10,16H,2,4,9,11-12H2,1H3,(H,18,21). The Bertz CT molecular complexity index is 631. The molecule has 1 saturated heterocycles. The van der Waals surface area contributed by atoms with Crippen LogP contribution in [0.5, 0.6) is 0 Å². The monoisotopic (exact) mass is 299 g/mol. The average molecular weight is 299 g/mol. The number of aromatic nitrogens is 2. The summed E-state index contributed by atoms with van der Waals surface area (Å²) in [4.78, 5) is 11.9. The molecule has 0 spiro atoms. The molecule has 0 aliphatic carbocycles. The van der Waals surface area contributed by atoms with Crippen molar-refractivity contribution in [1.82, 2.24) is 15.1 Å². The van der Waals surface area contributed by atoms with Gasteiger partial charge >= 0.3 is 0 Å². The Morgan fingerprint density at radius 1 is 1.50 bits per heavy atom. The summed E-state index contributed by atoms with van der Waals surface area (Å²) in [7, 11) is 0. The Hall–Kier alpha value is -2.14. The smallest absolute Gasteiger partial charge is 0.222 e. The van der Waals surface area contributed by atoms with Crippen molar-refractivity contribution in [1.29, 1.82) is 0 Å². The number of hydrogen-bond acceptors (Lipinski definition) is 3. The van der Waals surface area contributed by atoms with E-state index in [-0.39, 0.29) is 12.0 Å². The fraction of sp³-hybridized carbons (Fsp3) is 0.412. The average Bonchev–Trinajstić information content (AvgIpc) is 3.19. The highest BCUT2D eigenvalue weighted by Gasteiger charge is 2.18. The third-order valence-corrected chi connectivity index (χ3v) is 4.01. The topological polar surface area (TPSA) is 56.2 Å². The van der Waals surface area contributed by atoms with E-state index in [1.807, 2.05) is 29.1 Å². The van der Waals surface area contributed by atoms with E-state index in [1.54, 1.807) is 6.20 Å². The van der Waals surface area contributed by atoms with Gasteiger partial charge in [0.1, 0.15) is 0 Å². The predicted molar refractivity (Wildman–Crippen MR) is 83.7 cm³/mol. The molecule has 2 aromatic rings. The molecule has 116 valence electrons. The lowest BCUT2D eigenvalue weighted by Gasteiger charge is -2.12. The first-order valence-corrected chi connectivity index (χ1v) is 7.70. The third kappa shape index (κ3) is 3.54. The normalized spacial score (nSPS) is 17.6. The predicted octanol–water partition coefficient (Wildman–Crippen LogP) is 2.37. The maximum absolute atomic E-state index is 11.9. The molecule has 1 aliphatic heterocycles. The highest BCUT2D eigenvalue weighted by molar-refractivity contribution is 5.76. The molecular formula is C17H21N3O2. The van der Waals surface area contributed by atoms with Gasteiger partial charge in [0.25, 0.3) is 0 Å². The van der Waals surface area contributed by atoms with Gasteiger partial charge in [-0.3, -0.25) is 4.79 Å². The number of nitrogens with one attached hydrogen (secondary N) is 1. The number of carbonyl (C=O) groups is 1. The zero-order valence-electron chi connectivity index (χ0n) is 12.8. The van der Waals surface area contributed by atoms with Crippen LogP contribution < -0.4 is 5.32 Å². The second kappa shape index (κ2) is 6.75. The first kappa shape index (κ1) is 14.8. The number of amides is 1. The number of rotatable bonds is 5. The fourth-order valence-electron chi connectivity index (χ4n) is 2.72. The molecule has 5 heteroatoms. The molecule has 1 N–H and O–H groups in total. The van der Waals surface area contributed by atoms with E-state index in [0.717, 1.165) is 36.3 Å². The lowest BCUT2D eigenvalue weighted by atomic mass is 10.1. The van der Waals surface area contributed by atoms with Crippen molar-refractivity contribution in [3.8, 4) is 5.69 Å². The molecule has 22 heavy (non-hydrogen) atoms. The number of ether oxygens (including phenoxy) is 1. The highest BCUT2D eigenvalue weighted by atomic mass is 16.5. The lowest BCUT2D eigenvalue weighted by molar-refractivity contribution is -0.123. The van der Waals surface area contributed by atoms with Crippen molar-refractivity contribution in [3.63, 3.8) is 0 Å². The molecule has 0 bridgehead atoms. The van der Waals surface area contributed by atoms with Crippen LogP contribution in [-0.2, 0) is 16.1 Å². The van der Waals surface area contributed by atoms with Gasteiger partial charge in [0, 0.05) is 25.5 Å². The van der Waals surface area contributed by atoms with Crippen LogP contribution in [0, 0.1) is 6.92 Å². The van der Waals surface area contributed by atoms with Crippen LogP contribution >= 0.6 is 0 Å². The van der Waals surface area contributed by atoms with E-state index in [9.17, 15) is 4.79 Å². The first-order chi connectivity index (χ1) is 10.7. The summed E-state index contributed by atoms with van der Waals surface area (Å²) in [6.07, 6.45) is 6.29. The second-order valence-electron chi connectivity index (χ2n) is 5.68. The molecule has 0 radical (unpaired) electrons. The van der Waals surface area contributed by atoms with Crippen LogP contribution in [-0.4, -0.2) is 28.4 Å². The van der Waals surface area contributed by atoms with Gasteiger partial charge in [-0.15, -0.1) is 0 Å². The number of hydrogen-bond donors (Lipinski definition) is 1. The molecule has 1 aromatic heterocycles. The minimum absolute atomic E-state index is 0.0578. The summed E-state index contributed by atoms with van der Waals surface area (Å²) >= 11 is 0. The summed E-state index contributed by atoms with van der Waals surface area (Å²) in [5, 5.41) is 7.20. The zero-order chi connectivity index (χ0) is 15.4. The van der Waals surface area contributed by atoms with Gasteiger partial charge < -0.3 is 10.1 Å². The van der Waals surface area contributed by atoms with Gasteiger partial charge in [0.15, 0.2) is 0 Å². The van der Waals surface area contributed by atoms with Gasteiger partial charge in [-0.25, -0.2) is 4.68 Å².